The van der Waals surface area contributed by atoms with Gasteiger partial charge in [-0.15, -0.1) is 0 Å². The molecule has 10 heteroatoms. The molecular formula is C11H17BrN5O3P. The minimum absolute atomic E-state index is 0.225. The van der Waals surface area contributed by atoms with Crippen LogP contribution in [0.15, 0.2) is 11.1 Å². The maximum Gasteiger partial charge on any atom is 0.332 e. The smallest absolute Gasteiger partial charge is 0.332 e. The van der Waals surface area contributed by atoms with Gasteiger partial charge in [0.1, 0.15) is 6.33 Å². The van der Waals surface area contributed by atoms with E-state index >= 15 is 0 Å². The van der Waals surface area contributed by atoms with Crippen molar-refractivity contribution in [1.82, 2.24) is 19.5 Å². The summed E-state index contributed by atoms with van der Waals surface area (Å²) in [4.78, 5) is 12.3. The van der Waals surface area contributed by atoms with Gasteiger partial charge in [0.25, 0.3) is 0 Å². The summed E-state index contributed by atoms with van der Waals surface area (Å²) in [5, 5.41) is 0. The second kappa shape index (κ2) is 6.83. The van der Waals surface area contributed by atoms with Gasteiger partial charge in [-0.1, -0.05) is 0 Å². The fourth-order valence-corrected chi connectivity index (χ4v) is 3.99. The molecule has 2 aromatic heterocycles. The van der Waals surface area contributed by atoms with Crippen molar-refractivity contribution in [2.45, 2.75) is 20.4 Å². The van der Waals surface area contributed by atoms with Crippen LogP contribution in [0.5, 0.6) is 0 Å². The predicted molar refractivity (Wildman–Crippen MR) is 83.2 cm³/mol. The van der Waals surface area contributed by atoms with Crippen LogP contribution in [0, 0.1) is 0 Å². The molecule has 0 radical (unpaired) electrons. The van der Waals surface area contributed by atoms with Gasteiger partial charge in [-0.2, -0.15) is 0 Å². The first-order valence-corrected chi connectivity index (χ1v) is 9.03. The quantitative estimate of drug-likeness (QED) is 0.583. The van der Waals surface area contributed by atoms with Gasteiger partial charge in [0.2, 0.25) is 0 Å². The molecule has 0 fully saturated rings. The van der Waals surface area contributed by atoms with Crippen molar-refractivity contribution >= 4 is 40.5 Å². The van der Waals surface area contributed by atoms with Gasteiger partial charge in [-0.05, 0) is 29.8 Å². The number of imidazole rings is 1. The normalized spacial score (nSPS) is 12.1. The van der Waals surface area contributed by atoms with Gasteiger partial charge < -0.3 is 19.3 Å². The number of nitrogen functional groups attached to an aromatic ring is 1. The van der Waals surface area contributed by atoms with Crippen molar-refractivity contribution in [3.05, 3.63) is 11.1 Å². The molecule has 2 rings (SSSR count). The first-order chi connectivity index (χ1) is 10.0. The molecule has 0 amide bonds. The van der Waals surface area contributed by atoms with Crippen molar-refractivity contribution in [1.29, 1.82) is 0 Å². The van der Waals surface area contributed by atoms with Gasteiger partial charge in [0, 0.05) is 6.54 Å². The Labute approximate surface area is 130 Å². The number of aryl methyl sites for hydroxylation is 1. The van der Waals surface area contributed by atoms with Crippen LogP contribution < -0.4 is 5.73 Å². The molecule has 0 aliphatic carbocycles. The van der Waals surface area contributed by atoms with Crippen LogP contribution in [0.4, 0.5) is 5.82 Å². The molecule has 0 unspecified atom stereocenters. The molecule has 21 heavy (non-hydrogen) atoms. The molecule has 0 bridgehead atoms. The number of nitrogens with zero attached hydrogens (tertiary/aromatic N) is 4. The predicted octanol–water partition coefficient (Wildman–Crippen LogP) is 2.44. The highest BCUT2D eigenvalue weighted by atomic mass is 79.9. The molecule has 0 saturated carbocycles. The van der Waals surface area contributed by atoms with Gasteiger partial charge >= 0.3 is 7.60 Å². The van der Waals surface area contributed by atoms with Gasteiger partial charge in [0.05, 0.1) is 19.4 Å². The molecule has 2 N–H and O–H groups in total. The highest BCUT2D eigenvalue weighted by molar-refractivity contribution is 9.10. The largest absolute Gasteiger partial charge is 0.382 e. The highest BCUT2D eigenvalue weighted by Crippen LogP contribution is 2.48. The van der Waals surface area contributed by atoms with E-state index in [2.05, 4.69) is 30.9 Å². The third kappa shape index (κ3) is 3.60. The molecule has 8 nitrogen and oxygen atoms in total. The SMILES string of the molecule is CCOP(=O)(CCn1c(Br)nc2c(N)ncnc21)OCC. The number of nitrogens with two attached hydrogens (primary N) is 1. The standard InChI is InChI=1S/C11H17BrN5O3P/c1-3-19-21(18,20-4-2)6-5-17-10-8(16-11(17)12)9(13)14-7-15-10/h7H,3-6H2,1-2H3,(H2,13,14,15). The fourth-order valence-electron chi connectivity index (χ4n) is 1.91. The van der Waals surface area contributed by atoms with Crippen molar-refractivity contribution in [2.75, 3.05) is 25.1 Å². The minimum Gasteiger partial charge on any atom is -0.382 e. The summed E-state index contributed by atoms with van der Waals surface area (Å²) in [5.41, 5.74) is 6.85. The Morgan fingerprint density at radius 3 is 2.62 bits per heavy atom. The van der Waals surface area contributed by atoms with Crippen LogP contribution in [-0.4, -0.2) is 38.9 Å². The van der Waals surface area contributed by atoms with Crippen molar-refractivity contribution in [2.24, 2.45) is 0 Å². The lowest BCUT2D eigenvalue weighted by atomic mass is 10.5. The Bertz CT molecular complexity index is 667. The molecule has 0 aliphatic heterocycles. The summed E-state index contributed by atoms with van der Waals surface area (Å²) in [5.74, 6) is 0.303. The summed E-state index contributed by atoms with van der Waals surface area (Å²) in [7, 11) is -3.11. The second-order valence-electron chi connectivity index (χ2n) is 4.13. The maximum atomic E-state index is 12.5. The van der Waals surface area contributed by atoms with E-state index in [-0.39, 0.29) is 6.16 Å². The zero-order valence-electron chi connectivity index (χ0n) is 11.8. The summed E-state index contributed by atoms with van der Waals surface area (Å²) in [6.07, 6.45) is 1.59. The lowest BCUT2D eigenvalue weighted by Crippen LogP contribution is -2.08. The number of halogens is 1. The maximum absolute atomic E-state index is 12.5. The van der Waals surface area contributed by atoms with Crippen LogP contribution in [0.25, 0.3) is 11.2 Å². The van der Waals surface area contributed by atoms with E-state index in [0.29, 0.717) is 41.5 Å². The number of fused-ring (bicyclic) bond motifs is 1. The third-order valence-electron chi connectivity index (χ3n) is 2.76. The highest BCUT2D eigenvalue weighted by Gasteiger charge is 2.24. The number of aromatic nitrogens is 4. The fraction of sp³-hybridized carbons (Fsp3) is 0.545. The molecule has 0 spiro atoms. The Morgan fingerprint density at radius 1 is 1.33 bits per heavy atom. The summed E-state index contributed by atoms with van der Waals surface area (Å²) < 4.78 is 25.3. The Kier molecular flexibility index (Phi) is 5.32. The van der Waals surface area contributed by atoms with Gasteiger partial charge in [-0.25, -0.2) is 15.0 Å². The molecule has 0 aliphatic rings. The van der Waals surface area contributed by atoms with E-state index in [1.807, 2.05) is 0 Å². The average Bonchev–Trinajstić information content (AvgIpc) is 2.75. The number of anilines is 1. The van der Waals surface area contributed by atoms with Crippen LogP contribution in [0.1, 0.15) is 13.8 Å². The zero-order chi connectivity index (χ0) is 15.5. The van der Waals surface area contributed by atoms with Crippen LogP contribution in [0.2, 0.25) is 0 Å². The Morgan fingerprint density at radius 2 is 2.00 bits per heavy atom. The number of hydrogen-bond acceptors (Lipinski definition) is 7. The molecule has 116 valence electrons. The van der Waals surface area contributed by atoms with E-state index < -0.39 is 7.60 Å². The Balaban J connectivity index is 2.25. The van der Waals surface area contributed by atoms with Crippen LogP contribution >= 0.6 is 23.5 Å². The summed E-state index contributed by atoms with van der Waals surface area (Å²) in [6.45, 7) is 4.60. The lowest BCUT2D eigenvalue weighted by Gasteiger charge is -2.17. The topological polar surface area (TPSA) is 105 Å². The molecule has 2 heterocycles. The average molecular weight is 378 g/mol. The third-order valence-corrected chi connectivity index (χ3v) is 5.42. The molecular weight excluding hydrogens is 361 g/mol. The Hall–Kier alpha value is -1.02. The van der Waals surface area contributed by atoms with E-state index in [4.69, 9.17) is 14.8 Å². The summed E-state index contributed by atoms with van der Waals surface area (Å²) >= 11 is 3.35. The van der Waals surface area contributed by atoms with Gasteiger partial charge in [-0.3, -0.25) is 4.57 Å². The molecule has 2 aromatic rings. The summed E-state index contributed by atoms with van der Waals surface area (Å²) in [6, 6.07) is 0. The minimum atomic E-state index is -3.11. The van der Waals surface area contributed by atoms with E-state index in [9.17, 15) is 4.57 Å². The van der Waals surface area contributed by atoms with Crippen LogP contribution in [0.3, 0.4) is 0 Å². The molecule has 0 aromatic carbocycles. The lowest BCUT2D eigenvalue weighted by molar-refractivity contribution is 0.219. The van der Waals surface area contributed by atoms with Crippen molar-refractivity contribution in [3.63, 3.8) is 0 Å². The van der Waals surface area contributed by atoms with E-state index in [1.54, 1.807) is 18.4 Å². The van der Waals surface area contributed by atoms with E-state index in [0.717, 1.165) is 0 Å². The number of rotatable bonds is 7. The van der Waals surface area contributed by atoms with Gasteiger partial charge in [0.15, 0.2) is 21.7 Å². The van der Waals surface area contributed by atoms with Crippen molar-refractivity contribution in [3.8, 4) is 0 Å². The van der Waals surface area contributed by atoms with Crippen molar-refractivity contribution < 1.29 is 13.6 Å². The second-order valence-corrected chi connectivity index (χ2v) is 7.03. The van der Waals surface area contributed by atoms with Crippen LogP contribution in [-0.2, 0) is 20.2 Å². The first-order valence-electron chi connectivity index (χ1n) is 6.51. The van der Waals surface area contributed by atoms with E-state index in [1.165, 1.54) is 6.33 Å². The first kappa shape index (κ1) is 16.4. The monoisotopic (exact) mass is 377 g/mol. The zero-order valence-corrected chi connectivity index (χ0v) is 14.3. The number of hydrogen-bond donors (Lipinski definition) is 1. The molecule has 0 atom stereocenters. The molecule has 0 saturated heterocycles.